The van der Waals surface area contributed by atoms with Crippen molar-refractivity contribution in [2.45, 2.75) is 32.4 Å². The highest BCUT2D eigenvalue weighted by molar-refractivity contribution is 6.31. The lowest BCUT2D eigenvalue weighted by Gasteiger charge is -2.44. The van der Waals surface area contributed by atoms with Gasteiger partial charge in [0.05, 0.1) is 0 Å². The summed E-state index contributed by atoms with van der Waals surface area (Å²) in [5, 5.41) is 0.462. The lowest BCUT2D eigenvalue weighted by atomic mass is 10.0. The molecule has 1 fully saturated rings. The quantitative estimate of drug-likeness (QED) is 0.931. The number of rotatable bonds is 3. The van der Waals surface area contributed by atoms with Crippen LogP contribution in [0.5, 0.6) is 0 Å². The molecule has 1 heterocycles. The topological polar surface area (TPSA) is 32.5 Å². The average Bonchev–Trinajstić information content (AvgIpc) is 2.41. The summed E-state index contributed by atoms with van der Waals surface area (Å²) in [5.74, 6) is -0.308. The van der Waals surface area contributed by atoms with Crippen LogP contribution in [0, 0.1) is 5.82 Å². The minimum atomic E-state index is -0.308. The fourth-order valence-corrected chi connectivity index (χ4v) is 3.24. The number of benzene rings is 1. The van der Waals surface area contributed by atoms with Gasteiger partial charge in [0, 0.05) is 49.3 Å². The Labute approximate surface area is 131 Å². The van der Waals surface area contributed by atoms with Crippen molar-refractivity contribution in [1.29, 1.82) is 0 Å². The van der Waals surface area contributed by atoms with Gasteiger partial charge in [0.1, 0.15) is 5.82 Å². The molecule has 1 aliphatic rings. The molecule has 1 aromatic carbocycles. The largest absolute Gasteiger partial charge is 0.329 e. The van der Waals surface area contributed by atoms with E-state index in [-0.39, 0.29) is 17.4 Å². The predicted octanol–water partition coefficient (Wildman–Crippen LogP) is 2.90. The number of hydrogen-bond donors (Lipinski definition) is 1. The second-order valence-electron chi connectivity index (χ2n) is 6.61. The molecule has 0 spiro atoms. The highest BCUT2D eigenvalue weighted by atomic mass is 35.5. The van der Waals surface area contributed by atoms with Crippen molar-refractivity contribution >= 4 is 11.6 Å². The smallest absolute Gasteiger partial charge is 0.124 e. The molecule has 1 aromatic rings. The second kappa shape index (κ2) is 6.61. The van der Waals surface area contributed by atoms with E-state index in [2.05, 4.69) is 30.6 Å². The number of halogens is 2. The summed E-state index contributed by atoms with van der Waals surface area (Å²) in [5.41, 5.74) is 7.07. The fourth-order valence-electron chi connectivity index (χ4n) is 2.95. The highest BCUT2D eigenvalue weighted by Crippen LogP contribution is 2.29. The molecular formula is C16H25ClFN3. The van der Waals surface area contributed by atoms with Gasteiger partial charge in [-0.25, -0.2) is 4.39 Å². The van der Waals surface area contributed by atoms with Crippen LogP contribution in [-0.4, -0.2) is 48.1 Å². The van der Waals surface area contributed by atoms with Gasteiger partial charge in [0.15, 0.2) is 0 Å². The Balaban J connectivity index is 2.09. The van der Waals surface area contributed by atoms with Crippen molar-refractivity contribution in [1.82, 2.24) is 9.80 Å². The zero-order valence-electron chi connectivity index (χ0n) is 13.1. The van der Waals surface area contributed by atoms with Crippen LogP contribution < -0.4 is 5.73 Å². The standard InChI is InChI=1S/C16H25ClFN3/c1-16(2,3)21-8-6-20(7-9-21)15(11-19)13-5-4-12(18)10-14(13)17/h4-5,10,15H,6-9,11,19H2,1-3H3. The second-order valence-corrected chi connectivity index (χ2v) is 7.02. The molecule has 0 saturated carbocycles. The van der Waals surface area contributed by atoms with Gasteiger partial charge in [0.2, 0.25) is 0 Å². The maximum Gasteiger partial charge on any atom is 0.124 e. The first-order chi connectivity index (χ1) is 9.82. The Morgan fingerprint density at radius 1 is 1.24 bits per heavy atom. The molecule has 0 aromatic heterocycles. The van der Waals surface area contributed by atoms with Gasteiger partial charge >= 0.3 is 0 Å². The molecule has 3 nitrogen and oxygen atoms in total. The van der Waals surface area contributed by atoms with Crippen molar-refractivity contribution in [3.05, 3.63) is 34.6 Å². The molecule has 2 N–H and O–H groups in total. The predicted molar refractivity (Wildman–Crippen MR) is 86.1 cm³/mol. The molecule has 1 unspecified atom stereocenters. The molecule has 2 rings (SSSR count). The Morgan fingerprint density at radius 3 is 2.33 bits per heavy atom. The van der Waals surface area contributed by atoms with E-state index in [4.69, 9.17) is 17.3 Å². The Hall–Kier alpha value is -0.680. The van der Waals surface area contributed by atoms with Gasteiger partial charge in [0.25, 0.3) is 0 Å². The minimum absolute atomic E-state index is 0.0558. The Kier molecular flexibility index (Phi) is 5.25. The molecule has 5 heteroatoms. The van der Waals surface area contributed by atoms with E-state index >= 15 is 0 Å². The SMILES string of the molecule is CC(C)(C)N1CCN(C(CN)c2ccc(F)cc2Cl)CC1. The zero-order valence-corrected chi connectivity index (χ0v) is 13.8. The summed E-state index contributed by atoms with van der Waals surface area (Å²) in [4.78, 5) is 4.82. The van der Waals surface area contributed by atoms with Crippen LogP contribution in [-0.2, 0) is 0 Å². The number of nitrogens with two attached hydrogens (primary N) is 1. The molecule has 0 bridgehead atoms. The molecule has 1 saturated heterocycles. The van der Waals surface area contributed by atoms with E-state index in [1.165, 1.54) is 12.1 Å². The Bertz CT molecular complexity index is 479. The molecule has 1 atom stereocenters. The van der Waals surface area contributed by atoms with E-state index < -0.39 is 0 Å². The van der Waals surface area contributed by atoms with Crippen LogP contribution in [0.4, 0.5) is 4.39 Å². The fraction of sp³-hybridized carbons (Fsp3) is 0.625. The van der Waals surface area contributed by atoms with Crippen molar-refractivity contribution in [3.8, 4) is 0 Å². The number of nitrogens with zero attached hydrogens (tertiary/aromatic N) is 2. The first-order valence-corrected chi connectivity index (χ1v) is 7.85. The highest BCUT2D eigenvalue weighted by Gasteiger charge is 2.29. The maximum atomic E-state index is 13.2. The lowest BCUT2D eigenvalue weighted by Crippen LogP contribution is -2.54. The third-order valence-electron chi connectivity index (χ3n) is 4.25. The monoisotopic (exact) mass is 313 g/mol. The van der Waals surface area contributed by atoms with E-state index in [0.29, 0.717) is 11.6 Å². The van der Waals surface area contributed by atoms with Crippen molar-refractivity contribution < 1.29 is 4.39 Å². The summed E-state index contributed by atoms with van der Waals surface area (Å²) < 4.78 is 13.2. The van der Waals surface area contributed by atoms with Gasteiger partial charge in [-0.1, -0.05) is 17.7 Å². The van der Waals surface area contributed by atoms with Crippen LogP contribution >= 0.6 is 11.6 Å². The molecule has 21 heavy (non-hydrogen) atoms. The van der Waals surface area contributed by atoms with Crippen LogP contribution in [0.3, 0.4) is 0 Å². The summed E-state index contributed by atoms with van der Waals surface area (Å²) in [7, 11) is 0. The summed E-state index contributed by atoms with van der Waals surface area (Å²) in [6.45, 7) is 11.1. The van der Waals surface area contributed by atoms with Gasteiger partial charge in [-0.15, -0.1) is 0 Å². The van der Waals surface area contributed by atoms with Crippen LogP contribution in [0.15, 0.2) is 18.2 Å². The third-order valence-corrected chi connectivity index (χ3v) is 4.58. The van der Waals surface area contributed by atoms with Gasteiger partial charge in [-0.2, -0.15) is 0 Å². The average molecular weight is 314 g/mol. The molecule has 1 aliphatic heterocycles. The first-order valence-electron chi connectivity index (χ1n) is 7.47. The normalized spacial score (nSPS) is 19.7. The van der Waals surface area contributed by atoms with Gasteiger partial charge in [-0.3, -0.25) is 9.80 Å². The maximum absolute atomic E-state index is 13.2. The van der Waals surface area contributed by atoms with Crippen LogP contribution in [0.1, 0.15) is 32.4 Å². The van der Waals surface area contributed by atoms with Gasteiger partial charge in [-0.05, 0) is 38.5 Å². The van der Waals surface area contributed by atoms with E-state index in [1.54, 1.807) is 6.07 Å². The van der Waals surface area contributed by atoms with Crippen molar-refractivity contribution in [2.24, 2.45) is 5.73 Å². The number of hydrogen-bond acceptors (Lipinski definition) is 3. The van der Waals surface area contributed by atoms with Crippen molar-refractivity contribution in [3.63, 3.8) is 0 Å². The van der Waals surface area contributed by atoms with Gasteiger partial charge < -0.3 is 5.73 Å². The summed E-state index contributed by atoms with van der Waals surface area (Å²) in [6.07, 6.45) is 0. The molecule has 0 aliphatic carbocycles. The summed E-state index contributed by atoms with van der Waals surface area (Å²) >= 11 is 6.19. The molecule has 0 amide bonds. The molecule has 118 valence electrons. The van der Waals surface area contributed by atoms with Crippen LogP contribution in [0.25, 0.3) is 0 Å². The number of piperazine rings is 1. The van der Waals surface area contributed by atoms with E-state index in [9.17, 15) is 4.39 Å². The third kappa shape index (κ3) is 3.95. The van der Waals surface area contributed by atoms with E-state index in [1.807, 2.05) is 0 Å². The molecular weight excluding hydrogens is 289 g/mol. The Morgan fingerprint density at radius 2 is 1.86 bits per heavy atom. The van der Waals surface area contributed by atoms with E-state index in [0.717, 1.165) is 31.7 Å². The first kappa shape index (κ1) is 16.7. The van der Waals surface area contributed by atoms with Crippen LogP contribution in [0.2, 0.25) is 5.02 Å². The van der Waals surface area contributed by atoms with Crippen molar-refractivity contribution in [2.75, 3.05) is 32.7 Å². The summed E-state index contributed by atoms with van der Waals surface area (Å²) in [6, 6.07) is 4.63. The molecule has 0 radical (unpaired) electrons. The minimum Gasteiger partial charge on any atom is -0.329 e. The zero-order chi connectivity index (χ0) is 15.6. The lowest BCUT2D eigenvalue weighted by molar-refractivity contribution is 0.0433.